The highest BCUT2D eigenvalue weighted by molar-refractivity contribution is 6.48. The monoisotopic (exact) mass is 449 g/mol. The van der Waals surface area contributed by atoms with Gasteiger partial charge in [-0.2, -0.15) is 5.48 Å². The maximum atomic E-state index is 11.9. The molecular formula is C23H35NO6Si. The van der Waals surface area contributed by atoms with E-state index in [1.54, 1.807) is 0 Å². The van der Waals surface area contributed by atoms with Crippen LogP contribution in [-0.4, -0.2) is 45.2 Å². The minimum atomic E-state index is -1.71. The Hall–Kier alpha value is -1.55. The number of hydrogen-bond donors (Lipinski definition) is 2. The van der Waals surface area contributed by atoms with Crippen molar-refractivity contribution in [1.29, 1.82) is 0 Å². The van der Waals surface area contributed by atoms with Crippen LogP contribution in [0.15, 0.2) is 41.7 Å². The summed E-state index contributed by atoms with van der Waals surface area (Å²) in [7, 11) is -0.173. The number of fused-ring (bicyclic) bond motifs is 2. The highest BCUT2D eigenvalue weighted by atomic mass is 28.3. The smallest absolute Gasteiger partial charge is 0.260 e. The maximum Gasteiger partial charge on any atom is 0.260 e. The van der Waals surface area contributed by atoms with Crippen molar-refractivity contribution in [3.63, 3.8) is 0 Å². The molecule has 172 valence electrons. The Balaban J connectivity index is 2.02. The molecule has 2 aliphatic heterocycles. The first kappa shape index (κ1) is 24.1. The van der Waals surface area contributed by atoms with Crippen LogP contribution in [0.25, 0.3) is 0 Å². The van der Waals surface area contributed by atoms with E-state index in [-0.39, 0.29) is 30.8 Å². The van der Waals surface area contributed by atoms with Crippen molar-refractivity contribution in [2.24, 2.45) is 11.3 Å². The van der Waals surface area contributed by atoms with Crippen LogP contribution in [0, 0.1) is 11.3 Å². The van der Waals surface area contributed by atoms with E-state index in [1.165, 1.54) is 7.11 Å². The molecular weight excluding hydrogens is 414 g/mol. The first-order valence-corrected chi connectivity index (χ1v) is 13.6. The molecule has 2 N–H and O–H groups in total. The molecule has 1 saturated heterocycles. The quantitative estimate of drug-likeness (QED) is 0.273. The number of carbonyl (C=O) groups is 1. The van der Waals surface area contributed by atoms with E-state index in [0.717, 1.165) is 11.8 Å². The predicted molar refractivity (Wildman–Crippen MR) is 119 cm³/mol. The van der Waals surface area contributed by atoms with Gasteiger partial charge in [-0.25, -0.2) is 0 Å². The van der Waals surface area contributed by atoms with Crippen LogP contribution in [0.1, 0.15) is 39.2 Å². The Kier molecular flexibility index (Phi) is 7.10. The number of carbonyl (C=O) groups excluding carboxylic acids is 1. The number of rotatable bonds is 8. The number of hydrogen-bond acceptors (Lipinski definition) is 7. The fourth-order valence-corrected chi connectivity index (χ4v) is 5.49. The van der Waals surface area contributed by atoms with Gasteiger partial charge in [0.25, 0.3) is 5.72 Å². The zero-order valence-electron chi connectivity index (χ0n) is 19.3. The van der Waals surface area contributed by atoms with Gasteiger partial charge >= 0.3 is 0 Å². The van der Waals surface area contributed by atoms with Gasteiger partial charge in [0.15, 0.2) is 9.04 Å². The number of methoxy groups -OCH3 is 1. The Bertz CT molecular complexity index is 808. The number of ether oxygens (including phenoxy) is 2. The van der Waals surface area contributed by atoms with Crippen molar-refractivity contribution in [3.8, 4) is 0 Å². The van der Waals surface area contributed by atoms with E-state index in [2.05, 4.69) is 26.3 Å². The number of aldehydes is 1. The second-order valence-electron chi connectivity index (χ2n) is 9.72. The molecule has 2 aliphatic rings. The van der Waals surface area contributed by atoms with Crippen molar-refractivity contribution in [2.45, 2.75) is 70.9 Å². The van der Waals surface area contributed by atoms with E-state index in [4.69, 9.17) is 18.7 Å². The second kappa shape index (κ2) is 9.13. The van der Waals surface area contributed by atoms with E-state index < -0.39 is 26.7 Å². The molecule has 4 atom stereocenters. The fraction of sp³-hybridized carbons (Fsp3) is 0.609. The van der Waals surface area contributed by atoms with E-state index in [9.17, 15) is 9.90 Å². The third kappa shape index (κ3) is 4.65. The minimum Gasteiger partial charge on any atom is -0.466 e. The van der Waals surface area contributed by atoms with Crippen LogP contribution in [0.4, 0.5) is 0 Å². The largest absolute Gasteiger partial charge is 0.466 e. The SMILES string of the molecule is COC1CC(C=O)=C2OC1(NOCc1ccccc1)C(O)(O[SiH](C)C)CC2C(C)(C)C. The minimum absolute atomic E-state index is 0.202. The zero-order valence-corrected chi connectivity index (χ0v) is 20.5. The summed E-state index contributed by atoms with van der Waals surface area (Å²) in [6.07, 6.45) is 0.688. The van der Waals surface area contributed by atoms with Gasteiger partial charge in [0.2, 0.25) is 5.79 Å². The third-order valence-electron chi connectivity index (χ3n) is 6.03. The molecule has 0 spiro atoms. The number of nitrogens with one attached hydrogen (secondary N) is 1. The molecule has 8 heteroatoms. The Morgan fingerprint density at radius 1 is 1.29 bits per heavy atom. The standard InChI is InChI=1S/C23H35NO6Si/c1-21(2,3)18-13-22(26,30-31(5)6)23(24-28-15-16-10-8-7-9-11-16)19(27-4)12-17(14-25)20(18)29-23/h7-11,14,18-19,24,26,31H,12-13,15H2,1-6H3. The molecule has 0 radical (unpaired) electrons. The molecule has 0 amide bonds. The number of aliphatic hydroxyl groups is 1. The van der Waals surface area contributed by atoms with E-state index in [0.29, 0.717) is 11.3 Å². The van der Waals surface area contributed by atoms with Crippen molar-refractivity contribution in [2.75, 3.05) is 7.11 Å². The lowest BCUT2D eigenvalue weighted by Gasteiger charge is -2.58. The van der Waals surface area contributed by atoms with Crippen molar-refractivity contribution in [1.82, 2.24) is 5.48 Å². The summed E-state index contributed by atoms with van der Waals surface area (Å²) in [5.74, 6) is -1.32. The van der Waals surface area contributed by atoms with Crippen molar-refractivity contribution < 1.29 is 28.6 Å². The summed E-state index contributed by atoms with van der Waals surface area (Å²) in [4.78, 5) is 17.7. The lowest BCUT2D eigenvalue weighted by atomic mass is 9.68. The normalized spacial score (nSPS) is 31.0. The first-order chi connectivity index (χ1) is 14.6. The highest BCUT2D eigenvalue weighted by Gasteiger charge is 2.67. The molecule has 3 rings (SSSR count). The van der Waals surface area contributed by atoms with Crippen LogP contribution < -0.4 is 5.48 Å². The van der Waals surface area contributed by atoms with Crippen LogP contribution >= 0.6 is 0 Å². The van der Waals surface area contributed by atoms with Gasteiger partial charge in [0.05, 0.1) is 6.61 Å². The number of benzene rings is 1. The average molecular weight is 450 g/mol. The van der Waals surface area contributed by atoms with Gasteiger partial charge in [-0.05, 0) is 24.1 Å². The Labute approximate surface area is 186 Å². The Morgan fingerprint density at radius 2 is 1.97 bits per heavy atom. The van der Waals surface area contributed by atoms with E-state index >= 15 is 0 Å². The molecule has 1 aromatic carbocycles. The van der Waals surface area contributed by atoms with Gasteiger partial charge in [-0.15, -0.1) is 0 Å². The van der Waals surface area contributed by atoms with Gasteiger partial charge < -0.3 is 19.0 Å². The summed E-state index contributed by atoms with van der Waals surface area (Å²) < 4.78 is 18.4. The fourth-order valence-electron chi connectivity index (χ4n) is 4.44. The Morgan fingerprint density at radius 3 is 2.52 bits per heavy atom. The number of hydroxylamine groups is 1. The molecule has 7 nitrogen and oxygen atoms in total. The molecule has 0 saturated carbocycles. The molecule has 31 heavy (non-hydrogen) atoms. The van der Waals surface area contributed by atoms with Crippen LogP contribution in [0.2, 0.25) is 13.1 Å². The lowest BCUT2D eigenvalue weighted by molar-refractivity contribution is -0.372. The molecule has 4 unspecified atom stereocenters. The lowest BCUT2D eigenvalue weighted by Crippen LogP contribution is -2.76. The first-order valence-electron chi connectivity index (χ1n) is 10.8. The van der Waals surface area contributed by atoms with Crippen molar-refractivity contribution >= 4 is 15.3 Å². The molecule has 1 fully saturated rings. The van der Waals surface area contributed by atoms with Gasteiger partial charge in [0, 0.05) is 31.4 Å². The molecule has 2 bridgehead atoms. The topological polar surface area (TPSA) is 86.3 Å². The van der Waals surface area contributed by atoms with Gasteiger partial charge in [-0.1, -0.05) is 51.1 Å². The summed E-state index contributed by atoms with van der Waals surface area (Å²) in [5, 5.41) is 11.9. The predicted octanol–water partition coefficient (Wildman–Crippen LogP) is 3.05. The molecule has 1 aromatic rings. The van der Waals surface area contributed by atoms with Gasteiger partial charge in [-0.3, -0.25) is 9.63 Å². The maximum absolute atomic E-state index is 11.9. The summed E-state index contributed by atoms with van der Waals surface area (Å²) in [6.45, 7) is 10.5. The summed E-state index contributed by atoms with van der Waals surface area (Å²) in [5.41, 5.74) is 2.74. The highest BCUT2D eigenvalue weighted by Crippen LogP contribution is 2.54. The zero-order chi connectivity index (χ0) is 22.9. The second-order valence-corrected chi connectivity index (χ2v) is 12.1. The molecule has 0 aliphatic carbocycles. The number of allylic oxidation sites excluding steroid dienone is 1. The van der Waals surface area contributed by atoms with Gasteiger partial charge in [0.1, 0.15) is 18.1 Å². The third-order valence-corrected chi connectivity index (χ3v) is 6.89. The molecule has 2 heterocycles. The summed E-state index contributed by atoms with van der Waals surface area (Å²) in [6, 6.07) is 9.70. The summed E-state index contributed by atoms with van der Waals surface area (Å²) >= 11 is 0. The van der Waals surface area contributed by atoms with Crippen LogP contribution in [0.5, 0.6) is 0 Å². The van der Waals surface area contributed by atoms with E-state index in [1.807, 2.05) is 43.4 Å². The van der Waals surface area contributed by atoms with Crippen molar-refractivity contribution in [3.05, 3.63) is 47.2 Å². The van der Waals surface area contributed by atoms with Crippen LogP contribution in [0.3, 0.4) is 0 Å². The van der Waals surface area contributed by atoms with Crippen LogP contribution in [-0.2, 0) is 30.1 Å². The average Bonchev–Trinajstić information content (AvgIpc) is 2.70. The molecule has 0 aromatic heterocycles.